The lowest BCUT2D eigenvalue weighted by Gasteiger charge is -2.16. The lowest BCUT2D eigenvalue weighted by molar-refractivity contribution is 0.251. The van der Waals surface area contributed by atoms with Gasteiger partial charge >= 0.3 is 0 Å². The number of rotatable bonds is 9. The van der Waals surface area contributed by atoms with Gasteiger partial charge in [-0.15, -0.1) is 10.2 Å². The van der Waals surface area contributed by atoms with Crippen molar-refractivity contribution in [2.45, 2.75) is 40.9 Å². The zero-order chi connectivity index (χ0) is 21.6. The molecule has 2 aromatic carbocycles. The van der Waals surface area contributed by atoms with Gasteiger partial charge in [0.2, 0.25) is 0 Å². The minimum atomic E-state index is -2.48. The standard InChI is InChI=1S/C22H24F2N4OS2/c1-29-18-13-16(9-10-19(18)31-21(23)24)15-30-22-26-25-20(14-27-11-5-6-12-27)28(22)17-7-3-2-4-8-17/h2-4,7-10,13,21H,5-6,11-12,14-15H2,1H3. The Bertz CT molecular complexity index is 994. The third-order valence-corrected chi connectivity index (χ3v) is 6.86. The van der Waals surface area contributed by atoms with Gasteiger partial charge in [0.1, 0.15) is 5.75 Å². The number of hydrogen-bond donors (Lipinski definition) is 0. The zero-order valence-corrected chi connectivity index (χ0v) is 18.8. The number of hydrogen-bond acceptors (Lipinski definition) is 6. The third-order valence-electron chi connectivity index (χ3n) is 5.09. The maximum absolute atomic E-state index is 12.7. The smallest absolute Gasteiger partial charge is 0.289 e. The van der Waals surface area contributed by atoms with E-state index in [1.54, 1.807) is 17.8 Å². The molecule has 0 radical (unpaired) electrons. The molecule has 164 valence electrons. The summed E-state index contributed by atoms with van der Waals surface area (Å²) in [5, 5.41) is 9.76. The first kappa shape index (κ1) is 22.1. The molecule has 5 nitrogen and oxygen atoms in total. The molecule has 1 aliphatic heterocycles. The van der Waals surface area contributed by atoms with E-state index in [9.17, 15) is 8.78 Å². The lowest BCUT2D eigenvalue weighted by Crippen LogP contribution is -2.21. The number of thioether (sulfide) groups is 2. The van der Waals surface area contributed by atoms with Crippen LogP contribution in [-0.4, -0.2) is 45.6 Å². The molecule has 0 unspecified atom stereocenters. The Balaban J connectivity index is 1.55. The number of nitrogens with zero attached hydrogens (tertiary/aromatic N) is 4. The van der Waals surface area contributed by atoms with Gasteiger partial charge in [0, 0.05) is 11.4 Å². The van der Waals surface area contributed by atoms with Crippen molar-refractivity contribution >= 4 is 23.5 Å². The monoisotopic (exact) mass is 462 g/mol. The predicted molar refractivity (Wildman–Crippen MR) is 120 cm³/mol. The first-order chi connectivity index (χ1) is 15.1. The Morgan fingerprint density at radius 3 is 2.55 bits per heavy atom. The van der Waals surface area contributed by atoms with E-state index in [4.69, 9.17) is 4.74 Å². The number of para-hydroxylation sites is 1. The Hall–Kier alpha value is -2.10. The fourth-order valence-electron chi connectivity index (χ4n) is 3.62. The van der Waals surface area contributed by atoms with E-state index < -0.39 is 5.76 Å². The van der Waals surface area contributed by atoms with Crippen LogP contribution in [-0.2, 0) is 12.3 Å². The van der Waals surface area contributed by atoms with Gasteiger partial charge in [0.05, 0.1) is 18.6 Å². The van der Waals surface area contributed by atoms with Crippen molar-refractivity contribution < 1.29 is 13.5 Å². The molecule has 31 heavy (non-hydrogen) atoms. The van der Waals surface area contributed by atoms with Crippen LogP contribution in [0.25, 0.3) is 5.69 Å². The molecule has 3 aromatic rings. The highest BCUT2D eigenvalue weighted by Crippen LogP contribution is 2.35. The van der Waals surface area contributed by atoms with Crippen molar-refractivity contribution in [2.24, 2.45) is 0 Å². The number of alkyl halides is 2. The molecule has 2 heterocycles. The molecule has 0 atom stereocenters. The topological polar surface area (TPSA) is 43.2 Å². The molecule has 1 fully saturated rings. The number of aromatic nitrogens is 3. The maximum atomic E-state index is 12.7. The minimum Gasteiger partial charge on any atom is -0.496 e. The van der Waals surface area contributed by atoms with E-state index >= 15 is 0 Å². The molecule has 0 saturated carbocycles. The highest BCUT2D eigenvalue weighted by molar-refractivity contribution is 7.99. The summed E-state index contributed by atoms with van der Waals surface area (Å²) in [5.74, 6) is -0.461. The van der Waals surface area contributed by atoms with Gasteiger partial charge in [-0.25, -0.2) is 0 Å². The lowest BCUT2D eigenvalue weighted by atomic mass is 10.2. The highest BCUT2D eigenvalue weighted by atomic mass is 32.2. The van der Waals surface area contributed by atoms with Crippen molar-refractivity contribution in [2.75, 3.05) is 20.2 Å². The van der Waals surface area contributed by atoms with Crippen LogP contribution in [0, 0.1) is 0 Å². The summed E-state index contributed by atoms with van der Waals surface area (Å²) >= 11 is 2.07. The zero-order valence-electron chi connectivity index (χ0n) is 17.2. The highest BCUT2D eigenvalue weighted by Gasteiger charge is 2.20. The minimum absolute atomic E-state index is 0.437. The van der Waals surface area contributed by atoms with Gasteiger partial charge < -0.3 is 4.74 Å². The van der Waals surface area contributed by atoms with Crippen LogP contribution in [0.5, 0.6) is 5.75 Å². The largest absolute Gasteiger partial charge is 0.496 e. The van der Waals surface area contributed by atoms with Gasteiger partial charge in [0.15, 0.2) is 11.0 Å². The first-order valence-electron chi connectivity index (χ1n) is 10.1. The summed E-state index contributed by atoms with van der Waals surface area (Å²) in [7, 11) is 1.50. The second-order valence-electron chi connectivity index (χ2n) is 7.21. The van der Waals surface area contributed by atoms with Gasteiger partial charge in [-0.1, -0.05) is 47.8 Å². The number of methoxy groups -OCH3 is 1. The van der Waals surface area contributed by atoms with Gasteiger partial charge in [-0.05, 0) is 55.8 Å². The maximum Gasteiger partial charge on any atom is 0.289 e. The van der Waals surface area contributed by atoms with Crippen molar-refractivity contribution in [3.8, 4) is 11.4 Å². The van der Waals surface area contributed by atoms with Crippen LogP contribution >= 0.6 is 23.5 Å². The molecule has 0 N–H and O–H groups in total. The fourth-order valence-corrected chi connectivity index (χ4v) is 5.13. The first-order valence-corrected chi connectivity index (χ1v) is 12.0. The Morgan fingerprint density at radius 1 is 1.06 bits per heavy atom. The van der Waals surface area contributed by atoms with Crippen LogP contribution in [0.2, 0.25) is 0 Å². The summed E-state index contributed by atoms with van der Waals surface area (Å²) in [6.45, 7) is 2.95. The fraction of sp³-hybridized carbons (Fsp3) is 0.364. The number of halogens is 2. The van der Waals surface area contributed by atoms with Crippen molar-refractivity contribution in [3.63, 3.8) is 0 Å². The Kier molecular flexibility index (Phi) is 7.47. The molecule has 0 spiro atoms. The second-order valence-corrected chi connectivity index (χ2v) is 9.18. The quantitative estimate of drug-likeness (QED) is 0.393. The molecular weight excluding hydrogens is 438 g/mol. The van der Waals surface area contributed by atoms with Crippen LogP contribution in [0.4, 0.5) is 8.78 Å². The molecule has 1 aromatic heterocycles. The molecule has 0 bridgehead atoms. The van der Waals surface area contributed by atoms with E-state index in [1.165, 1.54) is 20.0 Å². The van der Waals surface area contributed by atoms with E-state index in [0.29, 0.717) is 28.2 Å². The molecular formula is C22H24F2N4OS2. The van der Waals surface area contributed by atoms with E-state index in [1.807, 2.05) is 30.3 Å². The van der Waals surface area contributed by atoms with Crippen LogP contribution in [0.3, 0.4) is 0 Å². The number of ether oxygens (including phenoxy) is 1. The molecule has 9 heteroatoms. The van der Waals surface area contributed by atoms with Gasteiger partial charge in [-0.2, -0.15) is 8.78 Å². The molecule has 1 saturated heterocycles. The van der Waals surface area contributed by atoms with E-state index in [0.717, 1.165) is 41.9 Å². The van der Waals surface area contributed by atoms with Crippen LogP contribution in [0.15, 0.2) is 58.6 Å². The summed E-state index contributed by atoms with van der Waals surface area (Å²) < 4.78 is 32.9. The molecule has 1 aliphatic rings. The van der Waals surface area contributed by atoms with Gasteiger partial charge in [-0.3, -0.25) is 9.47 Å². The number of likely N-dealkylation sites (tertiary alicyclic amines) is 1. The van der Waals surface area contributed by atoms with Crippen LogP contribution < -0.4 is 4.74 Å². The van der Waals surface area contributed by atoms with E-state index in [-0.39, 0.29) is 0 Å². The molecule has 0 amide bonds. The van der Waals surface area contributed by atoms with Crippen LogP contribution in [0.1, 0.15) is 24.2 Å². The average Bonchev–Trinajstić information content (AvgIpc) is 3.43. The van der Waals surface area contributed by atoms with Crippen molar-refractivity contribution in [1.29, 1.82) is 0 Å². The van der Waals surface area contributed by atoms with E-state index in [2.05, 4.69) is 31.8 Å². The summed E-state index contributed by atoms with van der Waals surface area (Å²) in [6, 6.07) is 15.5. The normalized spacial score (nSPS) is 14.5. The predicted octanol–water partition coefficient (Wildman–Crippen LogP) is 5.48. The molecule has 0 aliphatic carbocycles. The third kappa shape index (κ3) is 5.58. The van der Waals surface area contributed by atoms with Gasteiger partial charge in [0.25, 0.3) is 5.76 Å². The molecule has 4 rings (SSSR count). The summed E-state index contributed by atoms with van der Waals surface area (Å²) in [4.78, 5) is 2.84. The Labute approximate surface area is 189 Å². The Morgan fingerprint density at radius 2 is 1.84 bits per heavy atom. The SMILES string of the molecule is COc1cc(CSc2nnc(CN3CCCC3)n2-c2ccccc2)ccc1SC(F)F. The number of benzene rings is 2. The summed E-state index contributed by atoms with van der Waals surface area (Å²) in [5.41, 5.74) is 2.01. The van der Waals surface area contributed by atoms with Crippen molar-refractivity contribution in [1.82, 2.24) is 19.7 Å². The average molecular weight is 463 g/mol. The second kappa shape index (κ2) is 10.5. The summed E-state index contributed by atoms with van der Waals surface area (Å²) in [6.07, 6.45) is 2.45. The van der Waals surface area contributed by atoms with Crippen molar-refractivity contribution in [3.05, 3.63) is 59.9 Å².